The topological polar surface area (TPSA) is 34.9 Å². The molecule has 22 heavy (non-hydrogen) atoms. The van der Waals surface area contributed by atoms with Gasteiger partial charge in [0.2, 0.25) is 0 Å². The molecule has 2 aliphatic rings. The van der Waals surface area contributed by atoms with Gasteiger partial charge in [-0.05, 0) is 36.3 Å². The van der Waals surface area contributed by atoms with E-state index in [4.69, 9.17) is 0 Å². The monoisotopic (exact) mass is 294 g/mol. The first kappa shape index (κ1) is 13.7. The van der Waals surface area contributed by atoms with Gasteiger partial charge < -0.3 is 4.57 Å². The number of fused-ring (bicyclic) bond motifs is 1. The fourth-order valence-electron chi connectivity index (χ4n) is 4.23. The van der Waals surface area contributed by atoms with Crippen molar-refractivity contribution in [2.24, 2.45) is 5.92 Å². The van der Waals surface area contributed by atoms with Crippen LogP contribution in [0.5, 0.6) is 0 Å². The largest absolute Gasteiger partial charge is 0.330 e. The van der Waals surface area contributed by atoms with Crippen LogP contribution in [0.15, 0.2) is 36.9 Å². The number of imidazole rings is 1. The molecular formula is C19H22N2O. The van der Waals surface area contributed by atoms with E-state index in [1.165, 1.54) is 43.2 Å². The summed E-state index contributed by atoms with van der Waals surface area (Å²) < 4.78 is 2.26. The molecule has 2 aliphatic carbocycles. The number of aryl methyl sites for hydroxylation is 1. The zero-order chi connectivity index (χ0) is 14.9. The highest BCUT2D eigenvalue weighted by Gasteiger charge is 2.28. The van der Waals surface area contributed by atoms with E-state index in [1.807, 2.05) is 18.6 Å². The van der Waals surface area contributed by atoms with Crippen LogP contribution < -0.4 is 0 Å². The van der Waals surface area contributed by atoms with Gasteiger partial charge in [-0.15, -0.1) is 0 Å². The Morgan fingerprint density at radius 1 is 1.14 bits per heavy atom. The molecule has 1 saturated carbocycles. The number of nitrogens with zero attached hydrogens (tertiary/aromatic N) is 2. The van der Waals surface area contributed by atoms with Crippen molar-refractivity contribution in [1.29, 1.82) is 0 Å². The number of benzene rings is 1. The van der Waals surface area contributed by atoms with E-state index in [-0.39, 0.29) is 0 Å². The van der Waals surface area contributed by atoms with Gasteiger partial charge in [-0.3, -0.25) is 4.79 Å². The Morgan fingerprint density at radius 2 is 2.00 bits per heavy atom. The van der Waals surface area contributed by atoms with E-state index in [0.717, 1.165) is 12.0 Å². The van der Waals surface area contributed by atoms with Crippen LogP contribution in [0.4, 0.5) is 0 Å². The Kier molecular flexibility index (Phi) is 3.57. The smallest absolute Gasteiger partial charge is 0.163 e. The molecule has 0 spiro atoms. The van der Waals surface area contributed by atoms with Crippen LogP contribution in [-0.2, 0) is 6.42 Å². The lowest BCUT2D eigenvalue weighted by Crippen LogP contribution is -2.22. The van der Waals surface area contributed by atoms with Crippen LogP contribution in [0, 0.1) is 5.92 Å². The molecular weight excluding hydrogens is 272 g/mol. The van der Waals surface area contributed by atoms with E-state index in [2.05, 4.69) is 27.9 Å². The predicted octanol–water partition coefficient (Wildman–Crippen LogP) is 4.18. The summed E-state index contributed by atoms with van der Waals surface area (Å²) in [4.78, 5) is 16.1. The van der Waals surface area contributed by atoms with Gasteiger partial charge in [-0.2, -0.15) is 0 Å². The van der Waals surface area contributed by atoms with E-state index in [0.29, 0.717) is 24.2 Å². The molecule has 0 radical (unpaired) electrons. The molecule has 1 aromatic heterocycles. The number of carbonyl (C=O) groups excluding carboxylic acids is 1. The highest BCUT2D eigenvalue weighted by atomic mass is 16.1. The molecule has 0 aliphatic heterocycles. The molecule has 0 bridgehead atoms. The number of hydrogen-bond donors (Lipinski definition) is 0. The SMILES string of the molecule is O=C1CCc2cc(C(C3CCCCC3)n3ccnc3)ccc21. The van der Waals surface area contributed by atoms with Gasteiger partial charge in [0.25, 0.3) is 0 Å². The van der Waals surface area contributed by atoms with Crippen molar-refractivity contribution < 1.29 is 4.79 Å². The highest BCUT2D eigenvalue weighted by Crippen LogP contribution is 2.38. The third-order valence-corrected chi connectivity index (χ3v) is 5.34. The molecule has 114 valence electrons. The van der Waals surface area contributed by atoms with Crippen molar-refractivity contribution >= 4 is 5.78 Å². The standard InChI is InChI=1S/C19H22N2O/c22-18-9-7-15-12-16(6-8-17(15)18)19(21-11-10-20-13-21)14-4-2-1-3-5-14/h6,8,10-14,19H,1-5,7,9H2. The van der Waals surface area contributed by atoms with Gasteiger partial charge in [-0.1, -0.05) is 37.5 Å². The van der Waals surface area contributed by atoms with Crippen molar-refractivity contribution in [3.63, 3.8) is 0 Å². The van der Waals surface area contributed by atoms with E-state index in [9.17, 15) is 4.79 Å². The molecule has 0 saturated heterocycles. The summed E-state index contributed by atoms with van der Waals surface area (Å²) in [5.74, 6) is 0.983. The van der Waals surface area contributed by atoms with Crippen molar-refractivity contribution in [1.82, 2.24) is 9.55 Å². The van der Waals surface area contributed by atoms with Crippen molar-refractivity contribution in [3.05, 3.63) is 53.6 Å². The van der Waals surface area contributed by atoms with Crippen LogP contribution in [0.25, 0.3) is 0 Å². The minimum Gasteiger partial charge on any atom is -0.330 e. The molecule has 1 fully saturated rings. The van der Waals surface area contributed by atoms with Crippen molar-refractivity contribution in [3.8, 4) is 0 Å². The average molecular weight is 294 g/mol. The summed E-state index contributed by atoms with van der Waals surface area (Å²) in [5, 5.41) is 0. The zero-order valence-corrected chi connectivity index (χ0v) is 12.9. The zero-order valence-electron chi connectivity index (χ0n) is 12.9. The lowest BCUT2D eigenvalue weighted by Gasteiger charge is -2.32. The highest BCUT2D eigenvalue weighted by molar-refractivity contribution is 6.00. The number of ketones is 1. The van der Waals surface area contributed by atoms with Gasteiger partial charge >= 0.3 is 0 Å². The first-order valence-corrected chi connectivity index (χ1v) is 8.46. The van der Waals surface area contributed by atoms with Crippen LogP contribution >= 0.6 is 0 Å². The molecule has 3 nitrogen and oxygen atoms in total. The van der Waals surface area contributed by atoms with Crippen LogP contribution in [-0.4, -0.2) is 15.3 Å². The van der Waals surface area contributed by atoms with Gasteiger partial charge in [-0.25, -0.2) is 4.98 Å². The summed E-state index contributed by atoms with van der Waals surface area (Å²) in [6.45, 7) is 0. The summed E-state index contributed by atoms with van der Waals surface area (Å²) in [6.07, 6.45) is 14.1. The molecule has 1 unspecified atom stereocenters. The number of hydrogen-bond acceptors (Lipinski definition) is 2. The van der Waals surface area contributed by atoms with Crippen molar-refractivity contribution in [2.45, 2.75) is 51.0 Å². The summed E-state index contributed by atoms with van der Waals surface area (Å²) in [5.41, 5.74) is 3.53. The maximum absolute atomic E-state index is 11.9. The number of carbonyl (C=O) groups is 1. The molecule has 4 rings (SSSR count). The van der Waals surface area contributed by atoms with E-state index >= 15 is 0 Å². The van der Waals surface area contributed by atoms with E-state index < -0.39 is 0 Å². The Bertz CT molecular complexity index is 669. The van der Waals surface area contributed by atoms with Gasteiger partial charge in [0, 0.05) is 24.4 Å². The Labute approximate surface area is 131 Å². The first-order chi connectivity index (χ1) is 10.8. The predicted molar refractivity (Wildman–Crippen MR) is 86.0 cm³/mol. The lowest BCUT2D eigenvalue weighted by molar-refractivity contribution is 0.0994. The molecule has 3 heteroatoms. The van der Waals surface area contributed by atoms with Gasteiger partial charge in [0.15, 0.2) is 5.78 Å². The molecule has 0 amide bonds. The molecule has 2 aromatic rings. The lowest BCUT2D eigenvalue weighted by atomic mass is 9.80. The van der Waals surface area contributed by atoms with Gasteiger partial charge in [0.1, 0.15) is 0 Å². The fraction of sp³-hybridized carbons (Fsp3) is 0.474. The molecule has 1 atom stereocenters. The molecule has 1 heterocycles. The normalized spacial score (nSPS) is 20.1. The third kappa shape index (κ3) is 2.39. The van der Waals surface area contributed by atoms with E-state index in [1.54, 1.807) is 0 Å². The summed E-state index contributed by atoms with van der Waals surface area (Å²) >= 11 is 0. The fourth-order valence-corrected chi connectivity index (χ4v) is 4.23. The van der Waals surface area contributed by atoms with Gasteiger partial charge in [0.05, 0.1) is 12.4 Å². The second kappa shape index (κ2) is 5.71. The summed E-state index contributed by atoms with van der Waals surface area (Å²) in [6, 6.07) is 6.86. The minimum atomic E-state index is 0.304. The van der Waals surface area contributed by atoms with Crippen LogP contribution in [0.2, 0.25) is 0 Å². The second-order valence-corrected chi connectivity index (χ2v) is 6.69. The quantitative estimate of drug-likeness (QED) is 0.851. The number of rotatable bonds is 3. The maximum atomic E-state index is 11.9. The number of Topliss-reactive ketones (excluding diaryl/α,β-unsaturated/α-hetero) is 1. The maximum Gasteiger partial charge on any atom is 0.163 e. The van der Waals surface area contributed by atoms with Crippen molar-refractivity contribution in [2.75, 3.05) is 0 Å². The summed E-state index contributed by atoms with van der Waals surface area (Å²) in [7, 11) is 0. The third-order valence-electron chi connectivity index (χ3n) is 5.34. The second-order valence-electron chi connectivity index (χ2n) is 6.69. The average Bonchev–Trinajstić information content (AvgIpc) is 3.20. The Morgan fingerprint density at radius 3 is 2.77 bits per heavy atom. The number of aromatic nitrogens is 2. The Balaban J connectivity index is 1.73. The first-order valence-electron chi connectivity index (χ1n) is 8.46. The van der Waals surface area contributed by atoms with Crippen LogP contribution in [0.3, 0.4) is 0 Å². The minimum absolute atomic E-state index is 0.304. The molecule has 1 aromatic carbocycles. The molecule has 0 N–H and O–H groups in total. The Hall–Kier alpha value is -1.90. The van der Waals surface area contributed by atoms with Crippen LogP contribution in [0.1, 0.15) is 66.1 Å².